The van der Waals surface area contributed by atoms with E-state index in [1.807, 2.05) is 18.2 Å². The summed E-state index contributed by atoms with van der Waals surface area (Å²) in [5.74, 6) is -1.31. The zero-order valence-corrected chi connectivity index (χ0v) is 20.0. The lowest BCUT2D eigenvalue weighted by Gasteiger charge is -2.32. The van der Waals surface area contributed by atoms with Crippen molar-refractivity contribution in [2.24, 2.45) is 5.92 Å². The van der Waals surface area contributed by atoms with Gasteiger partial charge in [-0.1, -0.05) is 24.3 Å². The Morgan fingerprint density at radius 3 is 2.40 bits per heavy atom. The highest BCUT2D eigenvalue weighted by Gasteiger charge is 2.30. The zero-order chi connectivity index (χ0) is 25.0. The average molecular weight is 496 g/mol. The number of hydrogen-bond acceptors (Lipinski definition) is 4. The first-order valence-corrected chi connectivity index (χ1v) is 12.8. The fourth-order valence-corrected chi connectivity index (χ4v) is 5.13. The first kappa shape index (κ1) is 24.4. The van der Waals surface area contributed by atoms with Crippen molar-refractivity contribution in [1.82, 2.24) is 4.90 Å². The highest BCUT2D eigenvalue weighted by Crippen LogP contribution is 2.24. The summed E-state index contributed by atoms with van der Waals surface area (Å²) in [6.45, 7) is 2.47. The van der Waals surface area contributed by atoms with E-state index in [0.717, 1.165) is 12.1 Å². The van der Waals surface area contributed by atoms with E-state index in [1.54, 1.807) is 30.0 Å². The third-order valence-electron chi connectivity index (χ3n) is 5.97. The van der Waals surface area contributed by atoms with Crippen LogP contribution < -0.4 is 10.0 Å². The van der Waals surface area contributed by atoms with Crippen LogP contribution in [0, 0.1) is 18.7 Å². The van der Waals surface area contributed by atoms with Crippen LogP contribution in [0.2, 0.25) is 0 Å². The zero-order valence-electron chi connectivity index (χ0n) is 19.2. The van der Waals surface area contributed by atoms with E-state index in [-0.39, 0.29) is 40.4 Å². The number of nitrogens with one attached hydrogen (secondary N) is 2. The Morgan fingerprint density at radius 2 is 1.69 bits per heavy atom. The van der Waals surface area contributed by atoms with Crippen molar-refractivity contribution in [1.29, 1.82) is 0 Å². The Kier molecular flexibility index (Phi) is 7.16. The molecule has 1 atom stereocenters. The Labute approximate surface area is 204 Å². The summed E-state index contributed by atoms with van der Waals surface area (Å²) in [7, 11) is -4.00. The number of halogens is 1. The highest BCUT2D eigenvalue weighted by molar-refractivity contribution is 7.92. The number of piperidine rings is 1. The summed E-state index contributed by atoms with van der Waals surface area (Å²) >= 11 is 0. The fourth-order valence-electron chi connectivity index (χ4n) is 4.04. The smallest absolute Gasteiger partial charge is 0.261 e. The van der Waals surface area contributed by atoms with Crippen molar-refractivity contribution in [3.8, 4) is 0 Å². The number of amides is 2. The molecule has 9 heteroatoms. The van der Waals surface area contributed by atoms with E-state index < -0.39 is 15.8 Å². The van der Waals surface area contributed by atoms with Crippen molar-refractivity contribution >= 4 is 33.2 Å². The maximum atomic E-state index is 13.4. The van der Waals surface area contributed by atoms with Crippen LogP contribution in [0.3, 0.4) is 0 Å². The number of hydrogen-bond donors (Lipinski definition) is 2. The maximum Gasteiger partial charge on any atom is 0.261 e. The molecule has 0 bridgehead atoms. The third-order valence-corrected chi connectivity index (χ3v) is 7.35. The number of carbonyl (C=O) groups excluding carboxylic acids is 2. The summed E-state index contributed by atoms with van der Waals surface area (Å²) in [6.07, 6.45) is 1.33. The average Bonchev–Trinajstić information content (AvgIpc) is 2.86. The number of anilines is 2. The Balaban J connectivity index is 1.50. The molecule has 7 nitrogen and oxygen atoms in total. The minimum Gasteiger partial charge on any atom is -0.338 e. The number of rotatable bonds is 6. The molecule has 1 fully saturated rings. The summed E-state index contributed by atoms with van der Waals surface area (Å²) in [5.41, 5.74) is 1.80. The number of carbonyl (C=O) groups is 2. The molecule has 4 rings (SSSR count). The lowest BCUT2D eigenvalue weighted by Crippen LogP contribution is -2.44. The topological polar surface area (TPSA) is 95.6 Å². The highest BCUT2D eigenvalue weighted by atomic mass is 32.2. The van der Waals surface area contributed by atoms with Crippen LogP contribution in [-0.4, -0.2) is 38.2 Å². The number of likely N-dealkylation sites (tertiary alicyclic amines) is 1. The molecular formula is C26H26FN3O4S. The van der Waals surface area contributed by atoms with Crippen molar-refractivity contribution in [2.45, 2.75) is 24.7 Å². The van der Waals surface area contributed by atoms with E-state index in [2.05, 4.69) is 10.0 Å². The van der Waals surface area contributed by atoms with Gasteiger partial charge >= 0.3 is 0 Å². The molecule has 0 spiro atoms. The third kappa shape index (κ3) is 5.86. The number of benzene rings is 3. The van der Waals surface area contributed by atoms with Gasteiger partial charge in [-0.3, -0.25) is 14.3 Å². The molecular weight excluding hydrogens is 469 g/mol. The quantitative estimate of drug-likeness (QED) is 0.529. The first-order chi connectivity index (χ1) is 16.7. The molecule has 1 aliphatic heterocycles. The van der Waals surface area contributed by atoms with E-state index >= 15 is 0 Å². The molecule has 0 saturated carbocycles. The van der Waals surface area contributed by atoms with Crippen LogP contribution in [0.1, 0.15) is 28.8 Å². The molecule has 35 heavy (non-hydrogen) atoms. The molecule has 0 aliphatic carbocycles. The lowest BCUT2D eigenvalue weighted by molar-refractivity contribution is -0.121. The minimum absolute atomic E-state index is 0.0776. The van der Waals surface area contributed by atoms with E-state index in [9.17, 15) is 22.4 Å². The molecule has 3 aromatic rings. The first-order valence-electron chi connectivity index (χ1n) is 11.3. The van der Waals surface area contributed by atoms with Gasteiger partial charge in [-0.05, 0) is 73.9 Å². The fraction of sp³-hybridized carbons (Fsp3) is 0.231. The van der Waals surface area contributed by atoms with Crippen LogP contribution in [0.15, 0.2) is 77.7 Å². The van der Waals surface area contributed by atoms with Gasteiger partial charge in [0.05, 0.1) is 10.8 Å². The predicted octanol–water partition coefficient (Wildman–Crippen LogP) is 4.43. The summed E-state index contributed by atoms with van der Waals surface area (Å²) in [6, 6.07) is 18.4. The Hall–Kier alpha value is -3.72. The second kappa shape index (κ2) is 10.3. The number of sulfonamides is 1. The Morgan fingerprint density at radius 1 is 0.971 bits per heavy atom. The van der Waals surface area contributed by atoms with Gasteiger partial charge < -0.3 is 10.2 Å². The van der Waals surface area contributed by atoms with Crippen LogP contribution in [0.5, 0.6) is 0 Å². The molecule has 2 amide bonds. The predicted molar refractivity (Wildman–Crippen MR) is 132 cm³/mol. The van der Waals surface area contributed by atoms with Gasteiger partial charge in [0.2, 0.25) is 5.91 Å². The molecule has 0 radical (unpaired) electrons. The van der Waals surface area contributed by atoms with Gasteiger partial charge in [0.1, 0.15) is 5.82 Å². The largest absolute Gasteiger partial charge is 0.338 e. The standard InChI is InChI=1S/C26H26FN3O4S/c1-18-9-14-23(35(33,34)29-22-12-10-20(27)11-13-22)16-24(18)26(32)30-15-5-6-19(17-30)25(31)28-21-7-3-2-4-8-21/h2-4,7-14,16,19,29H,5-6,15,17H2,1H3,(H,28,31)/t19-/m0/s1. The molecule has 0 unspecified atom stereocenters. The maximum absolute atomic E-state index is 13.4. The second-order valence-electron chi connectivity index (χ2n) is 8.53. The van der Waals surface area contributed by atoms with Crippen LogP contribution >= 0.6 is 0 Å². The van der Waals surface area contributed by atoms with Gasteiger partial charge in [-0.15, -0.1) is 0 Å². The van der Waals surface area contributed by atoms with Crippen molar-refractivity contribution in [3.05, 3.63) is 89.7 Å². The molecule has 0 aromatic heterocycles. The number of aryl methyl sites for hydroxylation is 1. The summed E-state index contributed by atoms with van der Waals surface area (Å²) in [4.78, 5) is 27.6. The number of para-hydroxylation sites is 1. The van der Waals surface area contributed by atoms with E-state index in [1.165, 1.54) is 24.3 Å². The van der Waals surface area contributed by atoms with Crippen LogP contribution in [-0.2, 0) is 14.8 Å². The normalized spacial score (nSPS) is 15.9. The van der Waals surface area contributed by atoms with Crippen LogP contribution in [0.4, 0.5) is 15.8 Å². The minimum atomic E-state index is -4.00. The van der Waals surface area contributed by atoms with Gasteiger partial charge in [0, 0.05) is 30.0 Å². The van der Waals surface area contributed by atoms with Crippen molar-refractivity contribution in [3.63, 3.8) is 0 Å². The van der Waals surface area contributed by atoms with Gasteiger partial charge in [-0.25, -0.2) is 12.8 Å². The number of nitrogens with zero attached hydrogens (tertiary/aromatic N) is 1. The van der Waals surface area contributed by atoms with Crippen molar-refractivity contribution < 1.29 is 22.4 Å². The summed E-state index contributed by atoms with van der Waals surface area (Å²) < 4.78 is 41.3. The molecule has 1 aliphatic rings. The van der Waals surface area contributed by atoms with Crippen molar-refractivity contribution in [2.75, 3.05) is 23.1 Å². The second-order valence-corrected chi connectivity index (χ2v) is 10.2. The van der Waals surface area contributed by atoms with Gasteiger partial charge in [0.15, 0.2) is 0 Å². The SMILES string of the molecule is Cc1ccc(S(=O)(=O)Nc2ccc(F)cc2)cc1C(=O)N1CCC[C@H](C(=O)Nc2ccccc2)C1. The molecule has 1 saturated heterocycles. The molecule has 182 valence electrons. The Bertz CT molecular complexity index is 1330. The van der Waals surface area contributed by atoms with Gasteiger partial charge in [0.25, 0.3) is 15.9 Å². The molecule has 2 N–H and O–H groups in total. The van der Waals surface area contributed by atoms with E-state index in [0.29, 0.717) is 30.6 Å². The monoisotopic (exact) mass is 495 g/mol. The van der Waals surface area contributed by atoms with Crippen LogP contribution in [0.25, 0.3) is 0 Å². The van der Waals surface area contributed by atoms with E-state index in [4.69, 9.17) is 0 Å². The molecule has 1 heterocycles. The van der Waals surface area contributed by atoms with Gasteiger partial charge in [-0.2, -0.15) is 0 Å². The lowest BCUT2D eigenvalue weighted by atomic mass is 9.96. The summed E-state index contributed by atoms with van der Waals surface area (Å²) in [5, 5.41) is 2.89. The molecule has 3 aromatic carbocycles.